The minimum atomic E-state index is -0.124. The number of para-hydroxylation sites is 2. The third-order valence-electron chi connectivity index (χ3n) is 11.8. The molecular formula is C55H59N4OPt-3. The molecule has 1 aliphatic heterocycles. The Kier molecular flexibility index (Phi) is 12.2. The minimum Gasteiger partial charge on any atom is -0.509 e. The molecule has 0 saturated heterocycles. The molecule has 3 heterocycles. The number of pyridine rings is 1. The standard InChI is InChI=1S/C55H59N4O.Pt/c1-35(2)39-27-46(36(3)4)53(47(28-39)37(5)6)38-23-24-56-52(29-38)59-49-19-15-13-17-44(49)45-22-21-42(33-51(45)59)60-43-31-40(54(7,8)9)30-41(32-43)57-25-26-58(34-57)50-20-16-14-18-48(50)55(10,11)12;/h13-31,34-37H,1-12H3;/q-3;. The van der Waals surface area contributed by atoms with Crippen LogP contribution in [0.2, 0.25) is 0 Å². The van der Waals surface area contributed by atoms with Crippen LogP contribution in [0, 0.1) is 18.8 Å². The smallest absolute Gasteiger partial charge is 0.136 e. The van der Waals surface area contributed by atoms with Gasteiger partial charge in [-0.3, -0.25) is 0 Å². The van der Waals surface area contributed by atoms with Gasteiger partial charge >= 0.3 is 0 Å². The summed E-state index contributed by atoms with van der Waals surface area (Å²) in [6.07, 6.45) is 6.16. The molecule has 0 aliphatic carbocycles. The number of fused-ring (bicyclic) bond motifs is 3. The van der Waals surface area contributed by atoms with E-state index in [0.717, 1.165) is 44.6 Å². The first-order valence-electron chi connectivity index (χ1n) is 21.5. The Labute approximate surface area is 378 Å². The van der Waals surface area contributed by atoms with Gasteiger partial charge in [0.2, 0.25) is 0 Å². The number of hydrogen-bond acceptors (Lipinski definition) is 4. The fraction of sp³-hybridized carbons (Fsp3) is 0.309. The number of rotatable bonds is 9. The predicted octanol–water partition coefficient (Wildman–Crippen LogP) is 15.1. The molecule has 0 fully saturated rings. The number of anilines is 2. The molecule has 0 atom stereocenters. The van der Waals surface area contributed by atoms with Gasteiger partial charge in [-0.15, -0.1) is 53.6 Å². The summed E-state index contributed by atoms with van der Waals surface area (Å²) >= 11 is 0. The first-order valence-corrected chi connectivity index (χ1v) is 21.5. The summed E-state index contributed by atoms with van der Waals surface area (Å²) in [6, 6.07) is 42.2. The molecule has 318 valence electrons. The maximum absolute atomic E-state index is 6.77. The Bertz CT molecular complexity index is 2710. The molecule has 0 N–H and O–H groups in total. The molecular weight excluding hydrogens is 928 g/mol. The first kappa shape index (κ1) is 44.0. The summed E-state index contributed by atoms with van der Waals surface area (Å²) in [4.78, 5) is 9.35. The molecule has 0 bridgehead atoms. The molecule has 2 aromatic heterocycles. The van der Waals surface area contributed by atoms with Crippen LogP contribution in [0.25, 0.3) is 38.8 Å². The van der Waals surface area contributed by atoms with Gasteiger partial charge in [0.25, 0.3) is 0 Å². The second kappa shape index (κ2) is 17.0. The van der Waals surface area contributed by atoms with Gasteiger partial charge in [0.15, 0.2) is 0 Å². The molecule has 8 rings (SSSR count). The third kappa shape index (κ3) is 8.69. The Morgan fingerprint density at radius 1 is 0.639 bits per heavy atom. The van der Waals surface area contributed by atoms with E-state index in [1.807, 2.05) is 12.3 Å². The number of ether oxygens (including phenoxy) is 1. The average Bonchev–Trinajstić information content (AvgIpc) is 3.83. The fourth-order valence-corrected chi connectivity index (χ4v) is 8.40. The van der Waals surface area contributed by atoms with Gasteiger partial charge in [0, 0.05) is 50.0 Å². The molecule has 0 spiro atoms. The first-order chi connectivity index (χ1) is 28.5. The summed E-state index contributed by atoms with van der Waals surface area (Å²) < 4.78 is 9.01. The largest absolute Gasteiger partial charge is 0.509 e. The second-order valence-electron chi connectivity index (χ2n) is 19.3. The molecule has 1 aliphatic rings. The van der Waals surface area contributed by atoms with Gasteiger partial charge < -0.3 is 19.1 Å². The average molecular weight is 987 g/mol. The zero-order valence-electron chi connectivity index (χ0n) is 37.8. The third-order valence-corrected chi connectivity index (χ3v) is 11.8. The summed E-state index contributed by atoms with van der Waals surface area (Å²) in [5, 5.41) is 2.24. The van der Waals surface area contributed by atoms with Crippen LogP contribution in [-0.4, -0.2) is 9.55 Å². The van der Waals surface area contributed by atoms with Crippen LogP contribution in [0.3, 0.4) is 0 Å². The SMILES string of the molecule is CC(C)c1cc(C(C)C)c(-c2ccnc(-n3c4[c-]c(Oc5[c-]c(N6C=CN(c7ccccc7C(C)(C)C)[CH-]6)cc(C(C)(C)C)c5)ccc4c4ccccc43)c2)c(C(C)C)c1.[Pt]. The van der Waals surface area contributed by atoms with Crippen LogP contribution >= 0.6 is 0 Å². The van der Waals surface area contributed by atoms with Crippen molar-refractivity contribution in [1.29, 1.82) is 0 Å². The summed E-state index contributed by atoms with van der Waals surface area (Å²) in [5.74, 6) is 3.29. The van der Waals surface area contributed by atoms with Crippen LogP contribution in [0.15, 0.2) is 116 Å². The maximum atomic E-state index is 6.77. The number of nitrogens with zero attached hydrogens (tertiary/aromatic N) is 4. The van der Waals surface area contributed by atoms with Crippen LogP contribution in [0.1, 0.15) is 129 Å². The van der Waals surface area contributed by atoms with Gasteiger partial charge in [0.1, 0.15) is 5.82 Å². The number of aromatic nitrogens is 2. The van der Waals surface area contributed by atoms with Crippen molar-refractivity contribution in [2.75, 3.05) is 9.80 Å². The fourth-order valence-electron chi connectivity index (χ4n) is 8.40. The van der Waals surface area contributed by atoms with Crippen LogP contribution in [0.4, 0.5) is 11.4 Å². The van der Waals surface area contributed by atoms with E-state index in [1.165, 1.54) is 33.4 Å². The van der Waals surface area contributed by atoms with E-state index >= 15 is 0 Å². The van der Waals surface area contributed by atoms with Gasteiger partial charge in [-0.2, -0.15) is 6.07 Å². The molecule has 7 aromatic rings. The molecule has 5 nitrogen and oxygen atoms in total. The molecule has 6 heteroatoms. The van der Waals surface area contributed by atoms with Crippen molar-refractivity contribution >= 4 is 33.2 Å². The van der Waals surface area contributed by atoms with E-state index in [1.54, 1.807) is 0 Å². The Hall–Kier alpha value is -5.12. The van der Waals surface area contributed by atoms with Crippen LogP contribution in [0.5, 0.6) is 11.5 Å². The molecule has 0 saturated carbocycles. The summed E-state index contributed by atoms with van der Waals surface area (Å²) in [5.41, 5.74) is 13.0. The van der Waals surface area contributed by atoms with E-state index in [-0.39, 0.29) is 31.9 Å². The summed E-state index contributed by atoms with van der Waals surface area (Å²) in [7, 11) is 0. The molecule has 5 aromatic carbocycles. The number of benzene rings is 5. The van der Waals surface area contributed by atoms with E-state index in [0.29, 0.717) is 29.3 Å². The topological polar surface area (TPSA) is 33.5 Å². The summed E-state index contributed by atoms with van der Waals surface area (Å²) in [6.45, 7) is 29.4. The van der Waals surface area contributed by atoms with E-state index < -0.39 is 0 Å². The van der Waals surface area contributed by atoms with E-state index in [9.17, 15) is 0 Å². The van der Waals surface area contributed by atoms with Crippen molar-refractivity contribution in [3.05, 3.63) is 162 Å². The molecule has 61 heavy (non-hydrogen) atoms. The van der Waals surface area contributed by atoms with Gasteiger partial charge in [0.05, 0.1) is 0 Å². The monoisotopic (exact) mass is 986 g/mol. The minimum absolute atomic E-state index is 0. The molecule has 0 amide bonds. The van der Waals surface area contributed by atoms with Gasteiger partial charge in [-0.25, -0.2) is 4.98 Å². The van der Waals surface area contributed by atoms with Crippen LogP contribution < -0.4 is 14.5 Å². The van der Waals surface area contributed by atoms with Crippen molar-refractivity contribution in [3.8, 4) is 28.4 Å². The predicted molar refractivity (Wildman–Crippen MR) is 253 cm³/mol. The quantitative estimate of drug-likeness (QED) is 0.135. The van der Waals surface area contributed by atoms with Crippen LogP contribution in [-0.2, 0) is 31.9 Å². The van der Waals surface area contributed by atoms with Crippen molar-refractivity contribution in [1.82, 2.24) is 9.55 Å². The second-order valence-corrected chi connectivity index (χ2v) is 19.3. The normalized spacial score (nSPS) is 13.4. The van der Waals surface area contributed by atoms with E-state index in [2.05, 4.69) is 220 Å². The maximum Gasteiger partial charge on any atom is 0.136 e. The Morgan fingerprint density at radius 2 is 1.31 bits per heavy atom. The van der Waals surface area contributed by atoms with Crippen molar-refractivity contribution in [2.24, 2.45) is 0 Å². The van der Waals surface area contributed by atoms with E-state index in [4.69, 9.17) is 9.72 Å². The van der Waals surface area contributed by atoms with Crippen molar-refractivity contribution < 1.29 is 25.8 Å². The van der Waals surface area contributed by atoms with Gasteiger partial charge in [-0.1, -0.05) is 137 Å². The Balaban J connectivity index is 0.00000561. The zero-order chi connectivity index (χ0) is 42.7. The zero-order valence-corrected chi connectivity index (χ0v) is 40.1. The number of hydrogen-bond donors (Lipinski definition) is 0. The Morgan fingerprint density at radius 3 is 1.98 bits per heavy atom. The molecule has 0 unspecified atom stereocenters. The van der Waals surface area contributed by atoms with Crippen molar-refractivity contribution in [2.45, 2.75) is 112 Å². The molecule has 0 radical (unpaired) electrons. The van der Waals surface area contributed by atoms with Gasteiger partial charge in [-0.05, 0) is 104 Å². The van der Waals surface area contributed by atoms with Crippen molar-refractivity contribution in [3.63, 3.8) is 0 Å².